The number of ether oxygens (including phenoxy) is 2. The Balaban J connectivity index is 2.03. The molecule has 0 aromatic heterocycles. The fraction of sp³-hybridized carbons (Fsp3) is 1.00. The Hall–Kier alpha value is -0.160. The SMILES string of the molecule is OCCCC(O)OC1CCCO1. The fourth-order valence-corrected chi connectivity index (χ4v) is 1.16. The van der Waals surface area contributed by atoms with Gasteiger partial charge in [-0.1, -0.05) is 0 Å². The molecule has 1 aliphatic rings. The second-order valence-electron chi connectivity index (χ2n) is 2.90. The molecule has 0 aliphatic carbocycles. The number of aliphatic hydroxyl groups is 2. The molecule has 1 heterocycles. The molecule has 1 aliphatic heterocycles. The molecule has 0 spiro atoms. The maximum absolute atomic E-state index is 9.23. The van der Waals surface area contributed by atoms with E-state index in [4.69, 9.17) is 14.6 Å². The van der Waals surface area contributed by atoms with E-state index in [-0.39, 0.29) is 12.9 Å². The normalized spacial score (nSPS) is 26.0. The number of aliphatic hydroxyl groups excluding tert-OH is 2. The average molecular weight is 176 g/mol. The van der Waals surface area contributed by atoms with Crippen molar-refractivity contribution in [2.75, 3.05) is 13.2 Å². The molecule has 2 unspecified atom stereocenters. The van der Waals surface area contributed by atoms with Gasteiger partial charge in [-0.25, -0.2) is 0 Å². The first kappa shape index (κ1) is 9.92. The van der Waals surface area contributed by atoms with Crippen molar-refractivity contribution in [3.63, 3.8) is 0 Å². The Kier molecular flexibility index (Phi) is 4.53. The van der Waals surface area contributed by atoms with Gasteiger partial charge in [0.15, 0.2) is 12.6 Å². The Morgan fingerprint density at radius 1 is 1.58 bits per heavy atom. The number of hydrogen-bond donors (Lipinski definition) is 2. The number of hydrogen-bond acceptors (Lipinski definition) is 4. The van der Waals surface area contributed by atoms with Crippen LogP contribution in [0.3, 0.4) is 0 Å². The third kappa shape index (κ3) is 3.49. The number of rotatable bonds is 5. The minimum absolute atomic E-state index is 0.0892. The van der Waals surface area contributed by atoms with E-state index in [1.165, 1.54) is 0 Å². The molecule has 2 N–H and O–H groups in total. The van der Waals surface area contributed by atoms with Gasteiger partial charge < -0.3 is 19.7 Å². The second-order valence-corrected chi connectivity index (χ2v) is 2.90. The van der Waals surface area contributed by atoms with E-state index < -0.39 is 6.29 Å². The monoisotopic (exact) mass is 176 g/mol. The van der Waals surface area contributed by atoms with Crippen LogP contribution < -0.4 is 0 Å². The van der Waals surface area contributed by atoms with Gasteiger partial charge in [0.1, 0.15) is 0 Å². The van der Waals surface area contributed by atoms with Gasteiger partial charge in [-0.05, 0) is 12.8 Å². The molecule has 0 radical (unpaired) electrons. The van der Waals surface area contributed by atoms with Crippen LogP contribution in [0.15, 0.2) is 0 Å². The van der Waals surface area contributed by atoms with Crippen LogP contribution in [-0.2, 0) is 9.47 Å². The fourth-order valence-electron chi connectivity index (χ4n) is 1.16. The predicted octanol–water partition coefficient (Wildman–Crippen LogP) is 0.230. The zero-order valence-electron chi connectivity index (χ0n) is 7.11. The molecule has 72 valence electrons. The van der Waals surface area contributed by atoms with Crippen LogP contribution in [0.25, 0.3) is 0 Å². The molecular weight excluding hydrogens is 160 g/mol. The van der Waals surface area contributed by atoms with Crippen LogP contribution in [0.2, 0.25) is 0 Å². The minimum Gasteiger partial charge on any atom is -0.396 e. The van der Waals surface area contributed by atoms with Crippen molar-refractivity contribution in [3.8, 4) is 0 Å². The molecule has 1 rings (SSSR count). The van der Waals surface area contributed by atoms with Crippen molar-refractivity contribution in [2.45, 2.75) is 38.3 Å². The summed E-state index contributed by atoms with van der Waals surface area (Å²) in [7, 11) is 0. The molecule has 12 heavy (non-hydrogen) atoms. The highest BCUT2D eigenvalue weighted by molar-refractivity contribution is 4.55. The lowest BCUT2D eigenvalue weighted by Crippen LogP contribution is -2.21. The van der Waals surface area contributed by atoms with E-state index in [1.54, 1.807) is 0 Å². The average Bonchev–Trinajstić information content (AvgIpc) is 2.53. The van der Waals surface area contributed by atoms with E-state index in [0.717, 1.165) is 19.4 Å². The van der Waals surface area contributed by atoms with E-state index in [2.05, 4.69) is 0 Å². The topological polar surface area (TPSA) is 58.9 Å². The molecule has 4 heteroatoms. The van der Waals surface area contributed by atoms with Gasteiger partial charge in [0, 0.05) is 26.1 Å². The zero-order chi connectivity index (χ0) is 8.81. The molecule has 0 bridgehead atoms. The highest BCUT2D eigenvalue weighted by atomic mass is 16.7. The van der Waals surface area contributed by atoms with Crippen LogP contribution in [-0.4, -0.2) is 36.0 Å². The molecule has 1 saturated heterocycles. The van der Waals surface area contributed by atoms with Crippen molar-refractivity contribution in [1.82, 2.24) is 0 Å². The highest BCUT2D eigenvalue weighted by Gasteiger charge is 2.19. The summed E-state index contributed by atoms with van der Waals surface area (Å²) in [5, 5.41) is 17.7. The second kappa shape index (κ2) is 5.48. The summed E-state index contributed by atoms with van der Waals surface area (Å²) in [5.41, 5.74) is 0. The van der Waals surface area contributed by atoms with E-state index in [0.29, 0.717) is 12.8 Å². The molecule has 0 saturated carbocycles. The third-order valence-corrected chi connectivity index (χ3v) is 1.81. The van der Waals surface area contributed by atoms with Gasteiger partial charge >= 0.3 is 0 Å². The van der Waals surface area contributed by atoms with Gasteiger partial charge in [0.05, 0.1) is 0 Å². The quantitative estimate of drug-likeness (QED) is 0.589. The summed E-state index contributed by atoms with van der Waals surface area (Å²) in [6, 6.07) is 0. The van der Waals surface area contributed by atoms with Crippen molar-refractivity contribution in [3.05, 3.63) is 0 Å². The zero-order valence-corrected chi connectivity index (χ0v) is 7.11. The van der Waals surface area contributed by atoms with E-state index in [9.17, 15) is 5.11 Å². The molecule has 1 fully saturated rings. The smallest absolute Gasteiger partial charge is 0.160 e. The van der Waals surface area contributed by atoms with Crippen LogP contribution >= 0.6 is 0 Å². The lowest BCUT2D eigenvalue weighted by atomic mass is 10.3. The third-order valence-electron chi connectivity index (χ3n) is 1.81. The first-order valence-electron chi connectivity index (χ1n) is 4.39. The Bertz CT molecular complexity index is 112. The standard InChI is InChI=1S/C8H16O4/c9-5-1-3-7(10)12-8-4-2-6-11-8/h7-10H,1-6H2. The summed E-state index contributed by atoms with van der Waals surface area (Å²) in [6.07, 6.45) is 1.86. The maximum atomic E-state index is 9.23. The first-order valence-corrected chi connectivity index (χ1v) is 4.39. The van der Waals surface area contributed by atoms with E-state index >= 15 is 0 Å². The van der Waals surface area contributed by atoms with Crippen molar-refractivity contribution >= 4 is 0 Å². The Morgan fingerprint density at radius 2 is 2.42 bits per heavy atom. The molecule has 0 aromatic rings. The lowest BCUT2D eigenvalue weighted by molar-refractivity contribution is -0.213. The summed E-state index contributed by atoms with van der Waals surface area (Å²) in [5.74, 6) is 0. The van der Waals surface area contributed by atoms with Crippen molar-refractivity contribution in [2.24, 2.45) is 0 Å². The summed E-state index contributed by atoms with van der Waals surface area (Å²) < 4.78 is 10.3. The summed E-state index contributed by atoms with van der Waals surface area (Å²) >= 11 is 0. The molecule has 2 atom stereocenters. The van der Waals surface area contributed by atoms with Crippen molar-refractivity contribution < 1.29 is 19.7 Å². The van der Waals surface area contributed by atoms with Crippen LogP contribution in [0.4, 0.5) is 0 Å². The molecular formula is C8H16O4. The predicted molar refractivity (Wildman–Crippen MR) is 42.4 cm³/mol. The highest BCUT2D eigenvalue weighted by Crippen LogP contribution is 2.15. The minimum atomic E-state index is -0.791. The lowest BCUT2D eigenvalue weighted by Gasteiger charge is -2.15. The van der Waals surface area contributed by atoms with Crippen LogP contribution in [0.1, 0.15) is 25.7 Å². The van der Waals surface area contributed by atoms with E-state index in [1.807, 2.05) is 0 Å². The Morgan fingerprint density at radius 3 is 3.00 bits per heavy atom. The van der Waals surface area contributed by atoms with Gasteiger partial charge in [-0.15, -0.1) is 0 Å². The summed E-state index contributed by atoms with van der Waals surface area (Å²) in [4.78, 5) is 0. The molecule has 0 aromatic carbocycles. The maximum Gasteiger partial charge on any atom is 0.160 e. The molecule has 0 amide bonds. The molecule has 4 nitrogen and oxygen atoms in total. The van der Waals surface area contributed by atoms with Crippen LogP contribution in [0, 0.1) is 0 Å². The summed E-state index contributed by atoms with van der Waals surface area (Å²) in [6.45, 7) is 0.809. The van der Waals surface area contributed by atoms with Gasteiger partial charge in [-0.2, -0.15) is 0 Å². The first-order chi connectivity index (χ1) is 5.83. The largest absolute Gasteiger partial charge is 0.396 e. The van der Waals surface area contributed by atoms with Crippen LogP contribution in [0.5, 0.6) is 0 Å². The van der Waals surface area contributed by atoms with Crippen molar-refractivity contribution in [1.29, 1.82) is 0 Å². The van der Waals surface area contributed by atoms with Gasteiger partial charge in [-0.3, -0.25) is 0 Å². The Labute approximate surface area is 72.1 Å². The van der Waals surface area contributed by atoms with Gasteiger partial charge in [0.25, 0.3) is 0 Å². The van der Waals surface area contributed by atoms with Gasteiger partial charge in [0.2, 0.25) is 0 Å².